The van der Waals surface area contributed by atoms with E-state index in [9.17, 15) is 0 Å². The summed E-state index contributed by atoms with van der Waals surface area (Å²) < 4.78 is 5.19. The summed E-state index contributed by atoms with van der Waals surface area (Å²) in [7, 11) is 1.64. The summed E-state index contributed by atoms with van der Waals surface area (Å²) in [6.45, 7) is 0.914. The van der Waals surface area contributed by atoms with Crippen LogP contribution in [0.5, 0.6) is 5.88 Å². The third-order valence-corrected chi connectivity index (χ3v) is 2.77. The van der Waals surface area contributed by atoms with E-state index in [0.29, 0.717) is 5.88 Å². The van der Waals surface area contributed by atoms with Gasteiger partial charge in [-0.1, -0.05) is 30.3 Å². The molecule has 0 atom stereocenters. The van der Waals surface area contributed by atoms with Gasteiger partial charge in [-0.25, -0.2) is 4.98 Å². The molecular formula is C15H18N2O. The average molecular weight is 242 g/mol. The number of ether oxygens (including phenoxy) is 1. The monoisotopic (exact) mass is 242 g/mol. The first-order valence-corrected chi connectivity index (χ1v) is 6.17. The zero-order valence-electron chi connectivity index (χ0n) is 10.6. The molecule has 1 aromatic heterocycles. The normalized spacial score (nSPS) is 10.1. The van der Waals surface area contributed by atoms with Gasteiger partial charge in [0.15, 0.2) is 0 Å². The number of nitrogens with one attached hydrogen (secondary N) is 1. The van der Waals surface area contributed by atoms with Crippen LogP contribution >= 0.6 is 0 Å². The van der Waals surface area contributed by atoms with Gasteiger partial charge in [0.05, 0.1) is 12.8 Å². The van der Waals surface area contributed by atoms with E-state index < -0.39 is 0 Å². The van der Waals surface area contributed by atoms with Crippen LogP contribution in [-0.2, 0) is 6.42 Å². The highest BCUT2D eigenvalue weighted by molar-refractivity contribution is 5.51. The van der Waals surface area contributed by atoms with Crippen LogP contribution in [0.1, 0.15) is 12.0 Å². The molecule has 0 saturated carbocycles. The van der Waals surface area contributed by atoms with Crippen LogP contribution < -0.4 is 10.1 Å². The molecule has 3 heteroatoms. The second-order valence-corrected chi connectivity index (χ2v) is 4.08. The van der Waals surface area contributed by atoms with E-state index in [-0.39, 0.29) is 0 Å². The van der Waals surface area contributed by atoms with Gasteiger partial charge >= 0.3 is 0 Å². The maximum absolute atomic E-state index is 5.19. The number of aryl methyl sites for hydroxylation is 1. The molecule has 0 bridgehead atoms. The summed E-state index contributed by atoms with van der Waals surface area (Å²) >= 11 is 0. The van der Waals surface area contributed by atoms with Gasteiger partial charge in [0.1, 0.15) is 0 Å². The largest absolute Gasteiger partial charge is 0.480 e. The zero-order chi connectivity index (χ0) is 12.6. The maximum atomic E-state index is 5.19. The SMILES string of the molecule is COc1ncccc1NCCCc1ccccc1. The maximum Gasteiger partial charge on any atom is 0.237 e. The molecule has 0 amide bonds. The molecule has 18 heavy (non-hydrogen) atoms. The second kappa shape index (κ2) is 6.64. The number of hydrogen-bond donors (Lipinski definition) is 1. The topological polar surface area (TPSA) is 34.1 Å². The van der Waals surface area contributed by atoms with Crippen molar-refractivity contribution in [1.29, 1.82) is 0 Å². The quantitative estimate of drug-likeness (QED) is 0.790. The van der Waals surface area contributed by atoms with Crippen molar-refractivity contribution in [3.63, 3.8) is 0 Å². The Morgan fingerprint density at radius 2 is 1.94 bits per heavy atom. The predicted molar refractivity (Wildman–Crippen MR) is 74.0 cm³/mol. The van der Waals surface area contributed by atoms with Gasteiger partial charge in [-0.3, -0.25) is 0 Å². The van der Waals surface area contributed by atoms with Crippen LogP contribution in [0.25, 0.3) is 0 Å². The lowest BCUT2D eigenvalue weighted by Gasteiger charge is -2.09. The molecule has 1 N–H and O–H groups in total. The first-order valence-electron chi connectivity index (χ1n) is 6.17. The smallest absolute Gasteiger partial charge is 0.237 e. The molecule has 0 aliphatic rings. The van der Waals surface area contributed by atoms with Crippen molar-refractivity contribution in [2.45, 2.75) is 12.8 Å². The Morgan fingerprint density at radius 3 is 2.72 bits per heavy atom. The van der Waals surface area contributed by atoms with E-state index in [1.54, 1.807) is 13.3 Å². The van der Waals surface area contributed by atoms with Gasteiger partial charge < -0.3 is 10.1 Å². The van der Waals surface area contributed by atoms with Gasteiger partial charge in [-0.15, -0.1) is 0 Å². The lowest BCUT2D eigenvalue weighted by molar-refractivity contribution is 0.399. The number of nitrogens with zero attached hydrogens (tertiary/aromatic N) is 1. The molecule has 0 saturated heterocycles. The fourth-order valence-electron chi connectivity index (χ4n) is 1.85. The molecule has 1 heterocycles. The molecule has 2 rings (SSSR count). The van der Waals surface area contributed by atoms with Crippen LogP contribution in [0.3, 0.4) is 0 Å². The van der Waals surface area contributed by atoms with E-state index in [0.717, 1.165) is 25.1 Å². The Balaban J connectivity index is 1.78. The number of anilines is 1. The van der Waals surface area contributed by atoms with Crippen molar-refractivity contribution in [1.82, 2.24) is 4.98 Å². The first-order chi connectivity index (χ1) is 8.90. The number of methoxy groups -OCH3 is 1. The van der Waals surface area contributed by atoms with Gasteiger partial charge in [-0.2, -0.15) is 0 Å². The molecule has 0 unspecified atom stereocenters. The van der Waals surface area contributed by atoms with Crippen LogP contribution in [0.4, 0.5) is 5.69 Å². The molecule has 0 aliphatic carbocycles. The summed E-state index contributed by atoms with van der Waals surface area (Å²) in [4.78, 5) is 4.15. The van der Waals surface area contributed by atoms with Crippen LogP contribution in [0, 0.1) is 0 Å². The minimum atomic E-state index is 0.650. The Labute approximate surface area is 108 Å². The molecule has 0 fully saturated rings. The predicted octanol–water partition coefficient (Wildman–Crippen LogP) is 3.13. The zero-order valence-corrected chi connectivity index (χ0v) is 10.6. The highest BCUT2D eigenvalue weighted by Crippen LogP contribution is 2.19. The van der Waals surface area contributed by atoms with E-state index in [4.69, 9.17) is 4.74 Å². The number of pyridine rings is 1. The van der Waals surface area contributed by atoms with Gasteiger partial charge in [0.25, 0.3) is 0 Å². The molecule has 94 valence electrons. The molecule has 1 aromatic carbocycles. The molecule has 0 spiro atoms. The van der Waals surface area contributed by atoms with Crippen LogP contribution in [0.15, 0.2) is 48.7 Å². The molecule has 0 radical (unpaired) electrons. The van der Waals surface area contributed by atoms with E-state index in [1.807, 2.05) is 18.2 Å². The molecular weight excluding hydrogens is 224 g/mol. The number of rotatable bonds is 6. The third-order valence-electron chi connectivity index (χ3n) is 2.77. The summed E-state index contributed by atoms with van der Waals surface area (Å²) in [6, 6.07) is 14.4. The minimum absolute atomic E-state index is 0.650. The van der Waals surface area contributed by atoms with E-state index in [1.165, 1.54) is 5.56 Å². The van der Waals surface area contributed by atoms with Gasteiger partial charge in [-0.05, 0) is 30.5 Å². The number of benzene rings is 1. The van der Waals surface area contributed by atoms with Crippen molar-refractivity contribution in [2.75, 3.05) is 19.0 Å². The lowest BCUT2D eigenvalue weighted by atomic mass is 10.1. The number of hydrogen-bond acceptors (Lipinski definition) is 3. The van der Waals surface area contributed by atoms with Crippen LogP contribution in [-0.4, -0.2) is 18.6 Å². The fourth-order valence-corrected chi connectivity index (χ4v) is 1.85. The minimum Gasteiger partial charge on any atom is -0.480 e. The standard InChI is InChI=1S/C15H18N2O/c1-18-15-14(10-6-12-17-15)16-11-5-9-13-7-3-2-4-8-13/h2-4,6-8,10,12,16H,5,9,11H2,1H3. The van der Waals surface area contributed by atoms with E-state index in [2.05, 4.69) is 34.6 Å². The van der Waals surface area contributed by atoms with Crippen molar-refractivity contribution >= 4 is 5.69 Å². The fraction of sp³-hybridized carbons (Fsp3) is 0.267. The summed E-state index contributed by atoms with van der Waals surface area (Å²) in [5, 5.41) is 3.35. The Morgan fingerprint density at radius 1 is 1.11 bits per heavy atom. The van der Waals surface area contributed by atoms with Crippen molar-refractivity contribution < 1.29 is 4.74 Å². The Bertz CT molecular complexity index is 471. The highest BCUT2D eigenvalue weighted by Gasteiger charge is 2.01. The van der Waals surface area contributed by atoms with Crippen LogP contribution in [0.2, 0.25) is 0 Å². The first kappa shape index (κ1) is 12.4. The second-order valence-electron chi connectivity index (χ2n) is 4.08. The van der Waals surface area contributed by atoms with Gasteiger partial charge in [0, 0.05) is 12.7 Å². The number of aromatic nitrogens is 1. The Kier molecular flexibility index (Phi) is 4.59. The summed E-state index contributed by atoms with van der Waals surface area (Å²) in [6.07, 6.45) is 3.90. The summed E-state index contributed by atoms with van der Waals surface area (Å²) in [5.74, 6) is 0.650. The van der Waals surface area contributed by atoms with Crippen molar-refractivity contribution in [2.24, 2.45) is 0 Å². The van der Waals surface area contributed by atoms with Gasteiger partial charge in [0.2, 0.25) is 5.88 Å². The third kappa shape index (κ3) is 3.48. The van der Waals surface area contributed by atoms with E-state index >= 15 is 0 Å². The van der Waals surface area contributed by atoms with Crippen molar-refractivity contribution in [3.8, 4) is 5.88 Å². The highest BCUT2D eigenvalue weighted by atomic mass is 16.5. The molecule has 0 aliphatic heterocycles. The lowest BCUT2D eigenvalue weighted by Crippen LogP contribution is -2.05. The Hall–Kier alpha value is -2.03. The molecule has 2 aromatic rings. The summed E-state index contributed by atoms with van der Waals surface area (Å²) in [5.41, 5.74) is 2.32. The van der Waals surface area contributed by atoms with Crippen molar-refractivity contribution in [3.05, 3.63) is 54.2 Å². The average Bonchev–Trinajstić information content (AvgIpc) is 2.45. The molecule has 3 nitrogen and oxygen atoms in total.